The van der Waals surface area contributed by atoms with Crippen molar-refractivity contribution >= 4 is 49.8 Å². The molecule has 1 aliphatic rings. The Morgan fingerprint density at radius 3 is 2.56 bits per heavy atom. The van der Waals surface area contributed by atoms with Crippen molar-refractivity contribution in [3.63, 3.8) is 0 Å². The first-order valence-electron chi connectivity index (χ1n) is 9.22. The van der Waals surface area contributed by atoms with E-state index in [-0.39, 0.29) is 15.7 Å². The van der Waals surface area contributed by atoms with Crippen molar-refractivity contribution < 1.29 is 27.1 Å². The molecule has 2 aromatic carbocycles. The molecule has 168 valence electrons. The molecule has 0 aliphatic carbocycles. The van der Waals surface area contributed by atoms with Gasteiger partial charge in [-0.25, -0.2) is 12.8 Å². The van der Waals surface area contributed by atoms with Crippen molar-refractivity contribution in [2.24, 2.45) is 0 Å². The van der Waals surface area contributed by atoms with Gasteiger partial charge in [-0.2, -0.15) is 0 Å². The highest BCUT2D eigenvalue weighted by Crippen LogP contribution is 2.34. The number of carbonyl (C=O) groups is 1. The van der Waals surface area contributed by atoms with Gasteiger partial charge in [0, 0.05) is 6.07 Å². The number of nitrogens with zero attached hydrogens (tertiary/aromatic N) is 3. The lowest BCUT2D eigenvalue weighted by Crippen LogP contribution is -2.38. The van der Waals surface area contributed by atoms with Gasteiger partial charge in [0.25, 0.3) is 10.0 Å². The Balaban J connectivity index is 1.65. The fraction of sp³-hybridized carbons (Fsp3) is 0.211. The normalized spacial score (nSPS) is 12.9. The molecule has 0 saturated carbocycles. The van der Waals surface area contributed by atoms with Crippen LogP contribution in [0, 0.1) is 5.82 Å². The Kier molecular flexibility index (Phi) is 6.48. The zero-order valence-electron chi connectivity index (χ0n) is 16.6. The van der Waals surface area contributed by atoms with Gasteiger partial charge in [0.15, 0.2) is 15.8 Å². The third-order valence-corrected chi connectivity index (χ3v) is 7.91. The van der Waals surface area contributed by atoms with Crippen LogP contribution >= 0.6 is 23.1 Å². The number of nitrogens with one attached hydrogen (secondary N) is 1. The molecule has 4 rings (SSSR count). The summed E-state index contributed by atoms with van der Waals surface area (Å²) in [5.74, 6) is -0.436. The quantitative estimate of drug-likeness (QED) is 0.393. The number of sulfonamides is 1. The Hall–Kier alpha value is -2.90. The molecule has 0 radical (unpaired) electrons. The maximum absolute atomic E-state index is 13.5. The van der Waals surface area contributed by atoms with Crippen LogP contribution in [0.1, 0.15) is 0 Å². The molecule has 9 nitrogen and oxygen atoms in total. The standard InChI is InChI=1S/C19H17FN4O5S3/c1-30-19-23-22-18(31-19)21-17(25)11-24(13-4-2-12(20)3-5-13)32(26,27)14-6-7-15-16(10-14)29-9-8-28-15/h2-7,10H,8-9,11H2,1H3,(H,21,22,25). The number of hydrogen-bond donors (Lipinski definition) is 1. The average molecular weight is 497 g/mol. The predicted octanol–water partition coefficient (Wildman–Crippen LogP) is 3.00. The van der Waals surface area contributed by atoms with E-state index < -0.39 is 28.3 Å². The minimum atomic E-state index is -4.21. The summed E-state index contributed by atoms with van der Waals surface area (Å²) >= 11 is 2.54. The second-order valence-corrected chi connectivity index (χ2v) is 10.3. The van der Waals surface area contributed by atoms with Gasteiger partial charge >= 0.3 is 0 Å². The van der Waals surface area contributed by atoms with E-state index >= 15 is 0 Å². The Morgan fingerprint density at radius 2 is 1.88 bits per heavy atom. The summed E-state index contributed by atoms with van der Waals surface area (Å²) in [6, 6.07) is 9.02. The molecule has 1 amide bonds. The molecule has 0 bridgehead atoms. The van der Waals surface area contributed by atoms with E-state index in [1.54, 1.807) is 0 Å². The highest BCUT2D eigenvalue weighted by Gasteiger charge is 2.29. The predicted molar refractivity (Wildman–Crippen MR) is 119 cm³/mol. The molecular weight excluding hydrogens is 479 g/mol. The Bertz CT molecular complexity index is 1230. The smallest absolute Gasteiger partial charge is 0.264 e. The van der Waals surface area contributed by atoms with E-state index in [9.17, 15) is 17.6 Å². The highest BCUT2D eigenvalue weighted by atomic mass is 32.2. The molecule has 1 aromatic heterocycles. The Labute approximate surface area is 191 Å². The number of benzene rings is 2. The lowest BCUT2D eigenvalue weighted by Gasteiger charge is -2.25. The highest BCUT2D eigenvalue weighted by molar-refractivity contribution is 8.00. The van der Waals surface area contributed by atoms with E-state index in [0.717, 1.165) is 16.4 Å². The molecule has 32 heavy (non-hydrogen) atoms. The number of anilines is 2. The number of carbonyl (C=O) groups excluding carboxylic acids is 1. The zero-order valence-corrected chi connectivity index (χ0v) is 19.1. The first kappa shape index (κ1) is 22.3. The number of fused-ring (bicyclic) bond motifs is 1. The molecule has 1 N–H and O–H groups in total. The molecule has 0 unspecified atom stereocenters. The van der Waals surface area contributed by atoms with E-state index in [0.29, 0.717) is 29.1 Å². The number of thioether (sulfide) groups is 1. The number of hydrogen-bond acceptors (Lipinski definition) is 9. The van der Waals surface area contributed by atoms with Gasteiger partial charge in [-0.1, -0.05) is 23.1 Å². The summed E-state index contributed by atoms with van der Waals surface area (Å²) < 4.78 is 52.9. The lowest BCUT2D eigenvalue weighted by atomic mass is 10.3. The number of aromatic nitrogens is 2. The molecule has 3 aromatic rings. The number of halogens is 1. The van der Waals surface area contributed by atoms with E-state index in [2.05, 4.69) is 15.5 Å². The number of rotatable bonds is 7. The van der Waals surface area contributed by atoms with Crippen LogP contribution in [0.25, 0.3) is 0 Å². The van der Waals surface area contributed by atoms with Gasteiger partial charge in [0.2, 0.25) is 11.0 Å². The van der Waals surface area contributed by atoms with Crippen molar-refractivity contribution in [3.05, 3.63) is 48.3 Å². The van der Waals surface area contributed by atoms with Crippen LogP contribution < -0.4 is 19.1 Å². The van der Waals surface area contributed by atoms with Crippen LogP contribution in [-0.2, 0) is 14.8 Å². The fourth-order valence-electron chi connectivity index (χ4n) is 2.87. The first-order chi connectivity index (χ1) is 15.4. The molecule has 0 saturated heterocycles. The second-order valence-electron chi connectivity index (χ2n) is 6.42. The molecule has 13 heteroatoms. The van der Waals surface area contributed by atoms with E-state index in [1.807, 2.05) is 6.26 Å². The Morgan fingerprint density at radius 1 is 1.16 bits per heavy atom. The first-order valence-corrected chi connectivity index (χ1v) is 12.7. The van der Waals surface area contributed by atoms with Crippen LogP contribution in [0.3, 0.4) is 0 Å². The molecule has 0 fully saturated rings. The minimum Gasteiger partial charge on any atom is -0.486 e. The summed E-state index contributed by atoms with van der Waals surface area (Å²) in [6.45, 7) is 0.0991. The summed E-state index contributed by atoms with van der Waals surface area (Å²) in [6.07, 6.45) is 1.82. The minimum absolute atomic E-state index is 0.0977. The molecule has 0 spiro atoms. The van der Waals surface area contributed by atoms with E-state index in [4.69, 9.17) is 9.47 Å². The maximum Gasteiger partial charge on any atom is 0.264 e. The topological polar surface area (TPSA) is 111 Å². The largest absolute Gasteiger partial charge is 0.486 e. The maximum atomic E-state index is 13.5. The lowest BCUT2D eigenvalue weighted by molar-refractivity contribution is -0.114. The van der Waals surface area contributed by atoms with Crippen molar-refractivity contribution in [1.82, 2.24) is 10.2 Å². The van der Waals surface area contributed by atoms with Crippen LogP contribution in [-0.4, -0.2) is 50.5 Å². The van der Waals surface area contributed by atoms with E-state index in [1.165, 1.54) is 53.4 Å². The second kappa shape index (κ2) is 9.30. The zero-order chi connectivity index (χ0) is 22.7. The van der Waals surface area contributed by atoms with Crippen LogP contribution in [0.4, 0.5) is 15.2 Å². The van der Waals surface area contributed by atoms with Crippen molar-refractivity contribution in [1.29, 1.82) is 0 Å². The molecule has 2 heterocycles. The van der Waals surface area contributed by atoms with Crippen LogP contribution in [0.2, 0.25) is 0 Å². The summed E-state index contributed by atoms with van der Waals surface area (Å²) in [4.78, 5) is 12.6. The average Bonchev–Trinajstić information content (AvgIpc) is 3.25. The molecule has 0 atom stereocenters. The summed E-state index contributed by atoms with van der Waals surface area (Å²) in [5.41, 5.74) is 0.124. The number of amides is 1. The number of ether oxygens (including phenoxy) is 2. The van der Waals surface area contributed by atoms with Crippen molar-refractivity contribution in [2.75, 3.05) is 35.6 Å². The van der Waals surface area contributed by atoms with Gasteiger partial charge in [-0.05, 0) is 42.7 Å². The monoisotopic (exact) mass is 496 g/mol. The summed E-state index contributed by atoms with van der Waals surface area (Å²) in [5, 5.41) is 10.5. The van der Waals surface area contributed by atoms with Crippen LogP contribution in [0.5, 0.6) is 11.5 Å². The van der Waals surface area contributed by atoms with Crippen molar-refractivity contribution in [2.45, 2.75) is 9.24 Å². The van der Waals surface area contributed by atoms with Gasteiger partial charge in [-0.3, -0.25) is 14.4 Å². The van der Waals surface area contributed by atoms with Gasteiger partial charge < -0.3 is 9.47 Å². The van der Waals surface area contributed by atoms with Gasteiger partial charge in [0.05, 0.1) is 10.6 Å². The van der Waals surface area contributed by atoms with Crippen molar-refractivity contribution in [3.8, 4) is 11.5 Å². The summed E-state index contributed by atoms with van der Waals surface area (Å²) in [7, 11) is -4.21. The molecule has 1 aliphatic heterocycles. The van der Waals surface area contributed by atoms with Crippen LogP contribution in [0.15, 0.2) is 51.7 Å². The fourth-order valence-corrected chi connectivity index (χ4v) is 5.49. The SMILES string of the molecule is CSc1nnc(NC(=O)CN(c2ccc(F)cc2)S(=O)(=O)c2ccc3c(c2)OCCO3)s1. The van der Waals surface area contributed by atoms with Gasteiger partial charge in [-0.15, -0.1) is 10.2 Å². The molecular formula is C19H17FN4O5S3. The third kappa shape index (κ3) is 4.79. The third-order valence-electron chi connectivity index (χ3n) is 4.33. The van der Waals surface area contributed by atoms with Gasteiger partial charge in [0.1, 0.15) is 25.6 Å².